The lowest BCUT2D eigenvalue weighted by Crippen LogP contribution is -2.18. The van der Waals surface area contributed by atoms with Gasteiger partial charge in [-0.3, -0.25) is 4.79 Å². The van der Waals surface area contributed by atoms with Gasteiger partial charge in [-0.05, 0) is 43.2 Å². The number of aliphatic hydroxyl groups is 1. The molecule has 33 heavy (non-hydrogen) atoms. The number of fused-ring (bicyclic) bond motifs is 2. The van der Waals surface area contributed by atoms with Crippen LogP contribution < -0.4 is 15.6 Å². The summed E-state index contributed by atoms with van der Waals surface area (Å²) in [5.41, 5.74) is 5.34. The molecule has 1 atom stereocenters. The molecule has 0 spiro atoms. The van der Waals surface area contributed by atoms with E-state index in [0.29, 0.717) is 35.5 Å². The first kappa shape index (κ1) is 21.2. The van der Waals surface area contributed by atoms with Crippen molar-refractivity contribution in [2.45, 2.75) is 39.6 Å². The second-order valence-electron chi connectivity index (χ2n) is 8.59. The number of aliphatic hydroxyl groups excluding tert-OH is 1. The fourth-order valence-corrected chi connectivity index (χ4v) is 4.55. The molecule has 0 fully saturated rings. The predicted molar refractivity (Wildman–Crippen MR) is 128 cm³/mol. The molecule has 1 aromatic heterocycles. The van der Waals surface area contributed by atoms with Gasteiger partial charge in [-0.15, -0.1) is 0 Å². The van der Waals surface area contributed by atoms with Gasteiger partial charge in [0.25, 0.3) is 0 Å². The van der Waals surface area contributed by atoms with Gasteiger partial charge in [-0.1, -0.05) is 36.4 Å². The molecule has 1 unspecified atom stereocenters. The predicted octanol–water partition coefficient (Wildman–Crippen LogP) is 5.43. The Bertz CT molecular complexity index is 1410. The van der Waals surface area contributed by atoms with Crippen LogP contribution in [0.2, 0.25) is 0 Å². The van der Waals surface area contributed by atoms with E-state index in [2.05, 4.69) is 5.32 Å². The number of nitrogens with one attached hydrogen (secondary N) is 1. The molecule has 0 bridgehead atoms. The minimum absolute atomic E-state index is 0.0736. The largest absolute Gasteiger partial charge is 0.440 e. The number of benzene rings is 3. The minimum Gasteiger partial charge on any atom is -0.440 e. The molecular formula is C27H25FN2O3. The van der Waals surface area contributed by atoms with Crippen molar-refractivity contribution in [3.63, 3.8) is 0 Å². The fourth-order valence-electron chi connectivity index (χ4n) is 4.55. The molecule has 2 N–H and O–H groups in total. The van der Waals surface area contributed by atoms with Crippen LogP contribution >= 0.6 is 0 Å². The third-order valence-electron chi connectivity index (χ3n) is 6.25. The van der Waals surface area contributed by atoms with Gasteiger partial charge in [0, 0.05) is 41.5 Å². The topological polar surface area (TPSA) is 65.7 Å². The molecule has 2 heterocycles. The quantitative estimate of drug-likeness (QED) is 0.430. The van der Waals surface area contributed by atoms with Crippen molar-refractivity contribution in [2.75, 3.05) is 10.2 Å². The molecule has 0 aliphatic carbocycles. The lowest BCUT2D eigenvalue weighted by atomic mass is 10.0. The third kappa shape index (κ3) is 3.87. The van der Waals surface area contributed by atoms with Gasteiger partial charge < -0.3 is 19.7 Å². The number of aryl methyl sites for hydroxylation is 1. The van der Waals surface area contributed by atoms with Gasteiger partial charge in [0.15, 0.2) is 5.43 Å². The van der Waals surface area contributed by atoms with Gasteiger partial charge in [0.2, 0.25) is 5.88 Å². The number of halogens is 1. The highest BCUT2D eigenvalue weighted by Crippen LogP contribution is 2.34. The number of nitrogens with zero attached hydrogens (tertiary/aromatic N) is 1. The Morgan fingerprint density at radius 3 is 2.73 bits per heavy atom. The number of para-hydroxylation sites is 1. The summed E-state index contributed by atoms with van der Waals surface area (Å²) in [6, 6.07) is 17.8. The van der Waals surface area contributed by atoms with Crippen LogP contribution in [0, 0.1) is 12.7 Å². The summed E-state index contributed by atoms with van der Waals surface area (Å²) in [6.07, 6.45) is 0. The van der Waals surface area contributed by atoms with E-state index in [0.717, 1.165) is 27.9 Å². The van der Waals surface area contributed by atoms with Crippen LogP contribution in [-0.2, 0) is 19.7 Å². The van der Waals surface area contributed by atoms with Crippen molar-refractivity contribution in [1.29, 1.82) is 0 Å². The van der Waals surface area contributed by atoms with Gasteiger partial charge in [0.05, 0.1) is 18.0 Å². The molecule has 0 saturated heterocycles. The monoisotopic (exact) mass is 444 g/mol. The second kappa shape index (κ2) is 8.37. The van der Waals surface area contributed by atoms with Crippen molar-refractivity contribution in [3.8, 4) is 0 Å². The Balaban J connectivity index is 1.56. The zero-order valence-electron chi connectivity index (χ0n) is 18.6. The number of rotatable bonds is 5. The van der Waals surface area contributed by atoms with Crippen LogP contribution in [-0.4, -0.2) is 5.11 Å². The Morgan fingerprint density at radius 2 is 1.94 bits per heavy atom. The van der Waals surface area contributed by atoms with Gasteiger partial charge in [-0.2, -0.15) is 0 Å². The smallest absolute Gasteiger partial charge is 0.200 e. The van der Waals surface area contributed by atoms with Crippen molar-refractivity contribution < 1.29 is 13.9 Å². The average molecular weight is 445 g/mol. The number of anilines is 2. The molecule has 1 aliphatic heterocycles. The molecule has 0 saturated carbocycles. The minimum atomic E-state index is -0.241. The second-order valence-corrected chi connectivity index (χ2v) is 8.59. The van der Waals surface area contributed by atoms with Crippen molar-refractivity contribution in [3.05, 3.63) is 105 Å². The highest BCUT2D eigenvalue weighted by atomic mass is 19.1. The van der Waals surface area contributed by atoms with E-state index in [1.165, 1.54) is 12.1 Å². The zero-order chi connectivity index (χ0) is 23.1. The molecule has 4 aromatic rings. The molecule has 168 valence electrons. The molecule has 5 rings (SSSR count). The van der Waals surface area contributed by atoms with Crippen LogP contribution in [0.5, 0.6) is 0 Å². The van der Waals surface area contributed by atoms with Gasteiger partial charge in [0.1, 0.15) is 11.4 Å². The van der Waals surface area contributed by atoms with E-state index in [9.17, 15) is 14.3 Å². The van der Waals surface area contributed by atoms with E-state index in [-0.39, 0.29) is 23.9 Å². The number of hydrogen-bond acceptors (Lipinski definition) is 5. The molecule has 6 heteroatoms. The first-order chi connectivity index (χ1) is 15.9. The summed E-state index contributed by atoms with van der Waals surface area (Å²) in [6.45, 7) is 4.71. The Hall–Kier alpha value is -3.64. The van der Waals surface area contributed by atoms with Gasteiger partial charge >= 0.3 is 0 Å². The summed E-state index contributed by atoms with van der Waals surface area (Å²) in [4.78, 5) is 15.0. The summed E-state index contributed by atoms with van der Waals surface area (Å²) in [5, 5.41) is 13.6. The van der Waals surface area contributed by atoms with Crippen LogP contribution in [0.4, 0.5) is 16.0 Å². The summed E-state index contributed by atoms with van der Waals surface area (Å²) < 4.78 is 20.6. The Kier molecular flexibility index (Phi) is 5.38. The molecule has 5 nitrogen and oxygen atoms in total. The van der Waals surface area contributed by atoms with Crippen molar-refractivity contribution in [1.82, 2.24) is 0 Å². The maximum absolute atomic E-state index is 14.3. The van der Waals surface area contributed by atoms with E-state index < -0.39 is 0 Å². The highest BCUT2D eigenvalue weighted by molar-refractivity contribution is 5.82. The molecule has 3 aromatic carbocycles. The maximum Gasteiger partial charge on any atom is 0.200 e. The lowest BCUT2D eigenvalue weighted by molar-refractivity contribution is 0.282. The van der Waals surface area contributed by atoms with Gasteiger partial charge in [-0.25, -0.2) is 4.39 Å². The lowest BCUT2D eigenvalue weighted by Gasteiger charge is -2.21. The Labute approximate surface area is 191 Å². The molecule has 0 radical (unpaired) electrons. The van der Waals surface area contributed by atoms with Crippen LogP contribution in [0.3, 0.4) is 0 Å². The zero-order valence-corrected chi connectivity index (χ0v) is 18.6. The molecular weight excluding hydrogens is 419 g/mol. The summed E-state index contributed by atoms with van der Waals surface area (Å²) in [7, 11) is 0. The Morgan fingerprint density at radius 1 is 1.12 bits per heavy atom. The summed E-state index contributed by atoms with van der Waals surface area (Å²) >= 11 is 0. The van der Waals surface area contributed by atoms with Crippen LogP contribution in [0.15, 0.2) is 69.9 Å². The van der Waals surface area contributed by atoms with Crippen molar-refractivity contribution >= 4 is 22.5 Å². The van der Waals surface area contributed by atoms with Crippen LogP contribution in [0.1, 0.15) is 40.8 Å². The fraction of sp³-hybridized carbons (Fsp3) is 0.222. The standard InChI is InChI=1S/C27H25FN2O3/c1-16-10-20(17(2)29-24-9-4-3-6-19(24)15-31)27-21(11-16)25(32)12-26(33-27)30-13-18-7-5-8-23(28)22(18)14-30/h3-12,17,29,31H,13-15H2,1-2H3. The highest BCUT2D eigenvalue weighted by Gasteiger charge is 2.25. The maximum atomic E-state index is 14.3. The van der Waals surface area contributed by atoms with E-state index in [4.69, 9.17) is 4.42 Å². The van der Waals surface area contributed by atoms with E-state index in [1.54, 1.807) is 6.07 Å². The SMILES string of the molecule is Cc1cc(C(C)Nc2ccccc2CO)c2oc(N3Cc4cccc(F)c4C3)cc(=O)c2c1. The first-order valence-corrected chi connectivity index (χ1v) is 11.0. The third-order valence-corrected chi connectivity index (χ3v) is 6.25. The normalized spacial score (nSPS) is 13.9. The average Bonchev–Trinajstić information content (AvgIpc) is 3.25. The van der Waals surface area contributed by atoms with E-state index >= 15 is 0 Å². The molecule has 1 aliphatic rings. The summed E-state index contributed by atoms with van der Waals surface area (Å²) in [5.74, 6) is 0.186. The first-order valence-electron chi connectivity index (χ1n) is 11.0. The van der Waals surface area contributed by atoms with E-state index in [1.807, 2.05) is 61.2 Å². The molecule has 0 amide bonds. The number of hydrogen-bond donors (Lipinski definition) is 2. The van der Waals surface area contributed by atoms with Crippen molar-refractivity contribution in [2.24, 2.45) is 0 Å². The van der Waals surface area contributed by atoms with Crippen LogP contribution in [0.25, 0.3) is 11.0 Å².